The molecule has 20 heavy (non-hydrogen) atoms. The molecule has 0 fully saturated rings. The first-order chi connectivity index (χ1) is 9.78. The molecule has 2 aromatic rings. The lowest BCUT2D eigenvalue weighted by atomic mass is 9.97. The fourth-order valence-corrected chi connectivity index (χ4v) is 2.35. The summed E-state index contributed by atoms with van der Waals surface area (Å²) in [5, 5.41) is 0. The molecule has 0 aromatic heterocycles. The van der Waals surface area contributed by atoms with E-state index in [9.17, 15) is 0 Å². The Morgan fingerprint density at radius 3 is 2.40 bits per heavy atom. The maximum absolute atomic E-state index is 5.72. The van der Waals surface area contributed by atoms with Crippen LogP contribution in [0.25, 0.3) is 0 Å². The van der Waals surface area contributed by atoms with Gasteiger partial charge in [-0.05, 0) is 35.6 Å². The van der Waals surface area contributed by atoms with E-state index >= 15 is 0 Å². The molecule has 2 rings (SSSR count). The lowest BCUT2D eigenvalue weighted by Gasteiger charge is -2.18. The van der Waals surface area contributed by atoms with Gasteiger partial charge in [-0.1, -0.05) is 49.4 Å². The van der Waals surface area contributed by atoms with Crippen LogP contribution in [0.1, 0.15) is 29.7 Å². The third-order valence-corrected chi connectivity index (χ3v) is 3.61. The van der Waals surface area contributed by atoms with E-state index in [0.717, 1.165) is 24.2 Å². The Balaban J connectivity index is 2.19. The second-order valence-electron chi connectivity index (χ2n) is 4.83. The van der Waals surface area contributed by atoms with Crippen LogP contribution in [-0.4, -0.2) is 7.11 Å². The summed E-state index contributed by atoms with van der Waals surface area (Å²) in [6, 6.07) is 16.7. The predicted molar refractivity (Wildman–Crippen MR) is 82.6 cm³/mol. The number of aryl methyl sites for hydroxylation is 1. The highest BCUT2D eigenvalue weighted by Crippen LogP contribution is 2.24. The van der Waals surface area contributed by atoms with Crippen LogP contribution in [0.15, 0.2) is 48.5 Å². The van der Waals surface area contributed by atoms with Gasteiger partial charge in [-0.2, -0.15) is 0 Å². The summed E-state index contributed by atoms with van der Waals surface area (Å²) in [6.45, 7) is 2.16. The van der Waals surface area contributed by atoms with E-state index in [2.05, 4.69) is 42.7 Å². The molecule has 3 heteroatoms. The lowest BCUT2D eigenvalue weighted by molar-refractivity contribution is 0.405. The van der Waals surface area contributed by atoms with Crippen LogP contribution in [0.4, 0.5) is 0 Å². The van der Waals surface area contributed by atoms with Crippen molar-refractivity contribution in [2.24, 2.45) is 5.84 Å². The SMILES string of the molecule is CCc1ccc(C(Cc2ccccc2OC)NN)cc1. The van der Waals surface area contributed by atoms with E-state index in [1.54, 1.807) is 7.11 Å². The smallest absolute Gasteiger partial charge is 0.122 e. The van der Waals surface area contributed by atoms with Crippen molar-refractivity contribution in [3.8, 4) is 5.75 Å². The maximum Gasteiger partial charge on any atom is 0.122 e. The molecule has 3 N–H and O–H groups in total. The van der Waals surface area contributed by atoms with Crippen molar-refractivity contribution in [1.82, 2.24) is 5.43 Å². The highest BCUT2D eigenvalue weighted by molar-refractivity contribution is 5.35. The largest absolute Gasteiger partial charge is 0.496 e. The van der Waals surface area contributed by atoms with E-state index in [1.807, 2.05) is 18.2 Å². The molecule has 1 unspecified atom stereocenters. The van der Waals surface area contributed by atoms with Gasteiger partial charge in [0.25, 0.3) is 0 Å². The number of nitrogens with two attached hydrogens (primary N) is 1. The molecule has 2 aromatic carbocycles. The van der Waals surface area contributed by atoms with Gasteiger partial charge >= 0.3 is 0 Å². The fourth-order valence-electron chi connectivity index (χ4n) is 2.35. The second kappa shape index (κ2) is 7.08. The summed E-state index contributed by atoms with van der Waals surface area (Å²) in [7, 11) is 1.69. The number of ether oxygens (including phenoxy) is 1. The second-order valence-corrected chi connectivity index (χ2v) is 4.83. The average molecular weight is 270 g/mol. The molecule has 106 valence electrons. The van der Waals surface area contributed by atoms with Gasteiger partial charge in [-0.15, -0.1) is 0 Å². The summed E-state index contributed by atoms with van der Waals surface area (Å²) in [5.74, 6) is 6.62. The van der Waals surface area contributed by atoms with Gasteiger partial charge in [-0.3, -0.25) is 11.3 Å². The molecule has 0 aliphatic carbocycles. The lowest BCUT2D eigenvalue weighted by Crippen LogP contribution is -2.29. The Bertz CT molecular complexity index is 537. The zero-order chi connectivity index (χ0) is 14.4. The van der Waals surface area contributed by atoms with Crippen LogP contribution >= 0.6 is 0 Å². The highest BCUT2D eigenvalue weighted by atomic mass is 16.5. The van der Waals surface area contributed by atoms with Gasteiger partial charge in [0.15, 0.2) is 0 Å². The van der Waals surface area contributed by atoms with Crippen molar-refractivity contribution in [3.05, 3.63) is 65.2 Å². The monoisotopic (exact) mass is 270 g/mol. The molecule has 0 saturated carbocycles. The Morgan fingerprint density at radius 2 is 1.80 bits per heavy atom. The van der Waals surface area contributed by atoms with E-state index in [-0.39, 0.29) is 6.04 Å². The molecule has 0 radical (unpaired) electrons. The number of hydrogen-bond acceptors (Lipinski definition) is 3. The molecule has 0 amide bonds. The van der Waals surface area contributed by atoms with Gasteiger partial charge in [0.2, 0.25) is 0 Å². The molecule has 0 aliphatic rings. The summed E-state index contributed by atoms with van der Waals surface area (Å²) in [4.78, 5) is 0. The third kappa shape index (κ3) is 3.38. The van der Waals surface area contributed by atoms with Crippen molar-refractivity contribution in [2.75, 3.05) is 7.11 Å². The Kier molecular flexibility index (Phi) is 5.16. The van der Waals surface area contributed by atoms with Crippen LogP contribution < -0.4 is 16.0 Å². The zero-order valence-corrected chi connectivity index (χ0v) is 12.1. The highest BCUT2D eigenvalue weighted by Gasteiger charge is 2.13. The van der Waals surface area contributed by atoms with E-state index < -0.39 is 0 Å². The van der Waals surface area contributed by atoms with Crippen molar-refractivity contribution in [2.45, 2.75) is 25.8 Å². The fraction of sp³-hybridized carbons (Fsp3) is 0.294. The van der Waals surface area contributed by atoms with E-state index in [4.69, 9.17) is 10.6 Å². The molecule has 0 saturated heterocycles. The maximum atomic E-state index is 5.72. The molecule has 0 heterocycles. The summed E-state index contributed by atoms with van der Waals surface area (Å²) < 4.78 is 5.39. The average Bonchev–Trinajstić information content (AvgIpc) is 2.53. The predicted octanol–water partition coefficient (Wildman–Crippen LogP) is 3.00. The molecule has 0 spiro atoms. The summed E-state index contributed by atoms with van der Waals surface area (Å²) in [6.07, 6.45) is 1.85. The Morgan fingerprint density at radius 1 is 1.10 bits per heavy atom. The number of nitrogens with one attached hydrogen (secondary N) is 1. The standard InChI is InChI=1S/C17H22N2O/c1-3-13-8-10-14(11-9-13)16(19-18)12-15-6-4-5-7-17(15)20-2/h4-11,16,19H,3,12,18H2,1-2H3. The molecule has 1 atom stereocenters. The molecule has 0 bridgehead atoms. The molecular weight excluding hydrogens is 248 g/mol. The summed E-state index contributed by atoms with van der Waals surface area (Å²) in [5.41, 5.74) is 6.58. The van der Waals surface area contributed by atoms with Crippen molar-refractivity contribution < 1.29 is 4.74 Å². The minimum Gasteiger partial charge on any atom is -0.496 e. The first kappa shape index (κ1) is 14.6. The Labute approximate surface area is 120 Å². The zero-order valence-electron chi connectivity index (χ0n) is 12.1. The Hall–Kier alpha value is -1.84. The van der Waals surface area contributed by atoms with Crippen molar-refractivity contribution in [3.63, 3.8) is 0 Å². The first-order valence-corrected chi connectivity index (χ1v) is 6.95. The van der Waals surface area contributed by atoms with Gasteiger partial charge in [0.1, 0.15) is 5.75 Å². The van der Waals surface area contributed by atoms with E-state index in [0.29, 0.717) is 0 Å². The third-order valence-electron chi connectivity index (χ3n) is 3.61. The topological polar surface area (TPSA) is 47.3 Å². The minimum atomic E-state index is 0.0807. The van der Waals surface area contributed by atoms with Crippen LogP contribution in [-0.2, 0) is 12.8 Å². The van der Waals surface area contributed by atoms with Gasteiger partial charge < -0.3 is 4.74 Å². The van der Waals surface area contributed by atoms with Crippen LogP contribution in [0.5, 0.6) is 5.75 Å². The van der Waals surface area contributed by atoms with Crippen molar-refractivity contribution >= 4 is 0 Å². The number of methoxy groups -OCH3 is 1. The van der Waals surface area contributed by atoms with Crippen molar-refractivity contribution in [1.29, 1.82) is 0 Å². The van der Waals surface area contributed by atoms with Crippen LogP contribution in [0.3, 0.4) is 0 Å². The molecular formula is C17H22N2O. The van der Waals surface area contributed by atoms with Gasteiger partial charge in [-0.25, -0.2) is 0 Å². The van der Waals surface area contributed by atoms with Crippen LogP contribution in [0.2, 0.25) is 0 Å². The number of hydrogen-bond donors (Lipinski definition) is 2. The molecule has 3 nitrogen and oxygen atoms in total. The number of para-hydroxylation sites is 1. The van der Waals surface area contributed by atoms with Gasteiger partial charge in [0, 0.05) is 0 Å². The quantitative estimate of drug-likeness (QED) is 0.626. The normalized spacial score (nSPS) is 12.2. The molecule has 0 aliphatic heterocycles. The minimum absolute atomic E-state index is 0.0807. The van der Waals surface area contributed by atoms with E-state index in [1.165, 1.54) is 11.1 Å². The summed E-state index contributed by atoms with van der Waals surface area (Å²) >= 11 is 0. The number of hydrazine groups is 1. The number of rotatable bonds is 6. The number of benzene rings is 2. The van der Waals surface area contributed by atoms with Crippen LogP contribution in [0, 0.1) is 0 Å². The van der Waals surface area contributed by atoms with Gasteiger partial charge in [0.05, 0.1) is 13.2 Å². The first-order valence-electron chi connectivity index (χ1n) is 6.95.